The molecule has 0 radical (unpaired) electrons. The number of hydrogen-bond donors (Lipinski definition) is 2. The highest BCUT2D eigenvalue weighted by Gasteiger charge is 2.65. The van der Waals surface area contributed by atoms with Gasteiger partial charge in [0.1, 0.15) is 5.76 Å². The first kappa shape index (κ1) is 18.9. The lowest BCUT2D eigenvalue weighted by Gasteiger charge is -2.57. The summed E-state index contributed by atoms with van der Waals surface area (Å²) in [7, 11) is 1.82. The number of nitrogens with one attached hydrogen (secondary N) is 2. The summed E-state index contributed by atoms with van der Waals surface area (Å²) in [4.78, 5) is 8.83. The Balaban J connectivity index is 0.00000182. The van der Waals surface area contributed by atoms with E-state index in [2.05, 4.69) is 20.6 Å². The first-order valence-electron chi connectivity index (χ1n) is 9.16. The van der Waals surface area contributed by atoms with Gasteiger partial charge < -0.3 is 19.8 Å². The molecule has 3 fully saturated rings. The monoisotopic (exact) mass is 460 g/mol. The molecule has 0 amide bonds. The van der Waals surface area contributed by atoms with Crippen molar-refractivity contribution in [2.45, 2.75) is 64.6 Å². The van der Waals surface area contributed by atoms with Crippen molar-refractivity contribution in [3.63, 3.8) is 0 Å². The van der Waals surface area contributed by atoms with Gasteiger partial charge in [-0.15, -0.1) is 24.0 Å². The highest BCUT2D eigenvalue weighted by atomic mass is 127. The van der Waals surface area contributed by atoms with E-state index in [1.54, 1.807) is 0 Å². The van der Waals surface area contributed by atoms with Gasteiger partial charge in [0.25, 0.3) is 0 Å². The summed E-state index contributed by atoms with van der Waals surface area (Å²) in [5, 5.41) is 7.04. The zero-order valence-corrected chi connectivity index (χ0v) is 17.6. The van der Waals surface area contributed by atoms with E-state index < -0.39 is 0 Å². The zero-order chi connectivity index (χ0) is 16.7. The number of fused-ring (bicyclic) bond motifs is 2. The van der Waals surface area contributed by atoms with Crippen LogP contribution in [0.25, 0.3) is 0 Å². The quantitative estimate of drug-likeness (QED) is 0.413. The van der Waals surface area contributed by atoms with E-state index in [0.29, 0.717) is 35.9 Å². The molecule has 140 valence electrons. The number of halogens is 1. The Hall–Kier alpha value is -0.830. The van der Waals surface area contributed by atoms with E-state index in [9.17, 15) is 0 Å². The molecule has 2 N–H and O–H groups in total. The molecule has 2 heterocycles. The van der Waals surface area contributed by atoms with Crippen molar-refractivity contribution in [3.05, 3.63) is 17.3 Å². The lowest BCUT2D eigenvalue weighted by Crippen LogP contribution is -2.69. The van der Waals surface area contributed by atoms with E-state index in [1.165, 1.54) is 32.1 Å². The van der Waals surface area contributed by atoms with Crippen LogP contribution in [0.1, 0.15) is 49.4 Å². The van der Waals surface area contributed by atoms with Crippen LogP contribution in [0.2, 0.25) is 0 Å². The molecular weight excluding hydrogens is 431 g/mol. The number of rotatable bonds is 3. The van der Waals surface area contributed by atoms with Crippen LogP contribution in [-0.4, -0.2) is 36.7 Å². The summed E-state index contributed by atoms with van der Waals surface area (Å²) in [6.45, 7) is 5.38. The van der Waals surface area contributed by atoms with E-state index in [0.717, 1.165) is 24.0 Å². The van der Waals surface area contributed by atoms with Crippen LogP contribution in [0.4, 0.5) is 0 Å². The van der Waals surface area contributed by atoms with Crippen molar-refractivity contribution >= 4 is 29.9 Å². The number of aryl methyl sites for hydroxylation is 2. The molecular formula is C18H29IN4O2. The third kappa shape index (κ3) is 3.18. The molecule has 0 bridgehead atoms. The van der Waals surface area contributed by atoms with Gasteiger partial charge in [0.05, 0.1) is 18.3 Å². The Morgan fingerprint density at radius 1 is 1.32 bits per heavy atom. The molecule has 1 saturated heterocycles. The van der Waals surface area contributed by atoms with Gasteiger partial charge in [-0.3, -0.25) is 4.99 Å². The Morgan fingerprint density at radius 2 is 2.08 bits per heavy atom. The van der Waals surface area contributed by atoms with Gasteiger partial charge in [-0.05, 0) is 33.1 Å². The van der Waals surface area contributed by atoms with Crippen molar-refractivity contribution in [2.24, 2.45) is 16.3 Å². The first-order chi connectivity index (χ1) is 11.6. The molecule has 1 aromatic heterocycles. The number of nitrogens with zero attached hydrogens (tertiary/aromatic N) is 2. The van der Waals surface area contributed by atoms with Gasteiger partial charge in [0.15, 0.2) is 5.96 Å². The smallest absolute Gasteiger partial charge is 0.214 e. The van der Waals surface area contributed by atoms with Crippen LogP contribution < -0.4 is 10.6 Å². The summed E-state index contributed by atoms with van der Waals surface area (Å²) in [6, 6.07) is 0.478. The predicted molar refractivity (Wildman–Crippen MR) is 107 cm³/mol. The van der Waals surface area contributed by atoms with Crippen LogP contribution >= 0.6 is 24.0 Å². The molecule has 1 aromatic rings. The summed E-state index contributed by atoms with van der Waals surface area (Å²) >= 11 is 0. The second-order valence-corrected chi connectivity index (χ2v) is 7.48. The van der Waals surface area contributed by atoms with Crippen molar-refractivity contribution in [1.82, 2.24) is 15.6 Å². The zero-order valence-electron chi connectivity index (χ0n) is 15.3. The third-order valence-corrected chi connectivity index (χ3v) is 6.28. The number of hydrogen-bond acceptors (Lipinski definition) is 4. The minimum atomic E-state index is 0. The second kappa shape index (κ2) is 7.42. The lowest BCUT2D eigenvalue weighted by molar-refractivity contribution is -0.125. The average molecular weight is 460 g/mol. The third-order valence-electron chi connectivity index (χ3n) is 6.28. The van der Waals surface area contributed by atoms with Crippen LogP contribution in [-0.2, 0) is 11.3 Å². The molecule has 7 heteroatoms. The highest BCUT2D eigenvalue weighted by Crippen LogP contribution is 2.60. The Kier molecular flexibility index (Phi) is 5.63. The van der Waals surface area contributed by atoms with Gasteiger partial charge in [0.2, 0.25) is 5.89 Å². The van der Waals surface area contributed by atoms with Gasteiger partial charge in [0, 0.05) is 31.0 Å². The van der Waals surface area contributed by atoms with E-state index in [1.807, 2.05) is 20.9 Å². The fourth-order valence-electron chi connectivity index (χ4n) is 5.02. The molecule has 3 aliphatic rings. The molecule has 6 nitrogen and oxygen atoms in total. The van der Waals surface area contributed by atoms with Gasteiger partial charge in [-0.25, -0.2) is 4.98 Å². The number of oxazole rings is 1. The Morgan fingerprint density at radius 3 is 2.72 bits per heavy atom. The van der Waals surface area contributed by atoms with Gasteiger partial charge in [-0.2, -0.15) is 0 Å². The normalized spacial score (nSPS) is 29.9. The summed E-state index contributed by atoms with van der Waals surface area (Å²) < 4.78 is 11.7. The lowest BCUT2D eigenvalue weighted by atomic mass is 9.54. The topological polar surface area (TPSA) is 71.7 Å². The van der Waals surface area contributed by atoms with Gasteiger partial charge in [-0.1, -0.05) is 12.8 Å². The fourth-order valence-corrected chi connectivity index (χ4v) is 5.02. The fraction of sp³-hybridized carbons (Fsp3) is 0.778. The van der Waals surface area contributed by atoms with Crippen molar-refractivity contribution in [2.75, 3.05) is 13.7 Å². The maximum Gasteiger partial charge on any atom is 0.214 e. The summed E-state index contributed by atoms with van der Waals surface area (Å²) in [5.41, 5.74) is 1.28. The predicted octanol–water partition coefficient (Wildman–Crippen LogP) is 2.92. The SMILES string of the molecule is CN=C(NCc1nc(C)c(C)o1)NC1C2CCOC2C12CCCC2.I. The molecule has 1 aliphatic heterocycles. The molecule has 2 saturated carbocycles. The standard InChI is InChI=1S/C18H28N4O2.HI/c1-11-12(2)24-14(21-11)10-20-17(19-3)22-15-13-6-9-23-16(13)18(15)7-4-5-8-18;/h13,15-16H,4-10H2,1-3H3,(H2,19,20,22);1H. The van der Waals surface area contributed by atoms with E-state index >= 15 is 0 Å². The number of guanidine groups is 1. The highest BCUT2D eigenvalue weighted by molar-refractivity contribution is 14.0. The second-order valence-electron chi connectivity index (χ2n) is 7.48. The molecule has 3 atom stereocenters. The molecule has 1 spiro atoms. The van der Waals surface area contributed by atoms with Crippen LogP contribution in [0.5, 0.6) is 0 Å². The average Bonchev–Trinajstić information content (AvgIpc) is 3.28. The molecule has 25 heavy (non-hydrogen) atoms. The largest absolute Gasteiger partial charge is 0.444 e. The maximum atomic E-state index is 6.06. The number of ether oxygens (including phenoxy) is 1. The van der Waals surface area contributed by atoms with Crippen LogP contribution in [0, 0.1) is 25.2 Å². The minimum absolute atomic E-state index is 0. The van der Waals surface area contributed by atoms with Crippen molar-refractivity contribution in [1.29, 1.82) is 0 Å². The van der Waals surface area contributed by atoms with E-state index in [-0.39, 0.29) is 24.0 Å². The molecule has 0 aromatic carbocycles. The molecule has 2 aliphatic carbocycles. The number of aliphatic imine (C=N–C) groups is 1. The molecule has 3 unspecified atom stereocenters. The van der Waals surface area contributed by atoms with Crippen LogP contribution in [0.3, 0.4) is 0 Å². The first-order valence-corrected chi connectivity index (χ1v) is 9.16. The van der Waals surface area contributed by atoms with E-state index in [4.69, 9.17) is 9.15 Å². The van der Waals surface area contributed by atoms with Crippen molar-refractivity contribution < 1.29 is 9.15 Å². The Bertz CT molecular complexity index is 620. The van der Waals surface area contributed by atoms with Crippen LogP contribution in [0.15, 0.2) is 9.41 Å². The molecule has 4 rings (SSSR count). The summed E-state index contributed by atoms with van der Waals surface area (Å²) in [6.07, 6.45) is 6.84. The Labute approximate surface area is 166 Å². The minimum Gasteiger partial charge on any atom is -0.444 e. The number of aromatic nitrogens is 1. The maximum absolute atomic E-state index is 6.06. The van der Waals surface area contributed by atoms with Gasteiger partial charge >= 0.3 is 0 Å². The summed E-state index contributed by atoms with van der Waals surface area (Å²) in [5.74, 6) is 3.06. The van der Waals surface area contributed by atoms with Crippen molar-refractivity contribution in [3.8, 4) is 0 Å².